The number of pyridine rings is 1. The topological polar surface area (TPSA) is 51.1 Å². The number of hydrogen-bond donors (Lipinski definition) is 1. The van der Waals surface area contributed by atoms with Crippen LogP contribution in [0.1, 0.15) is 25.7 Å². The van der Waals surface area contributed by atoms with Gasteiger partial charge in [0.15, 0.2) is 0 Å². The molecule has 2 saturated carbocycles. The first kappa shape index (κ1) is 13.6. The van der Waals surface area contributed by atoms with Crippen LogP contribution in [0.15, 0.2) is 35.3 Å². The molecule has 2 fully saturated rings. The molecule has 0 saturated heterocycles. The second-order valence-electron chi connectivity index (χ2n) is 6.77. The van der Waals surface area contributed by atoms with E-state index in [9.17, 15) is 9.59 Å². The van der Waals surface area contributed by atoms with Crippen molar-refractivity contribution in [3.05, 3.63) is 40.8 Å². The minimum Gasteiger partial charge on any atom is -0.325 e. The van der Waals surface area contributed by atoms with E-state index in [2.05, 4.69) is 5.32 Å². The van der Waals surface area contributed by atoms with Gasteiger partial charge in [0.2, 0.25) is 5.91 Å². The number of anilines is 1. The lowest BCUT2D eigenvalue weighted by molar-refractivity contribution is -0.121. The average molecular weight is 296 g/mol. The molecule has 4 rings (SSSR count). The summed E-state index contributed by atoms with van der Waals surface area (Å²) in [6, 6.07) is 7.42. The number of rotatable bonds is 2. The maximum atomic E-state index is 12.6. The molecule has 4 nitrogen and oxygen atoms in total. The van der Waals surface area contributed by atoms with Crippen molar-refractivity contribution >= 4 is 22.4 Å². The molecule has 1 N–H and O–H groups in total. The maximum Gasteiger partial charge on any atom is 0.258 e. The van der Waals surface area contributed by atoms with E-state index in [-0.39, 0.29) is 17.4 Å². The van der Waals surface area contributed by atoms with Gasteiger partial charge >= 0.3 is 0 Å². The highest BCUT2D eigenvalue weighted by atomic mass is 16.2. The van der Waals surface area contributed by atoms with E-state index in [1.807, 2.05) is 24.3 Å². The zero-order chi connectivity index (χ0) is 15.3. The van der Waals surface area contributed by atoms with Gasteiger partial charge in [-0.05, 0) is 49.3 Å². The first-order valence-corrected chi connectivity index (χ1v) is 8.02. The standard InChI is InChI=1S/C18H20N2O2/c1-20-8-7-13-14(18(20)22)3-2-4-16(13)19-17(21)15-10-11-5-6-12(15)9-11/h2-4,7-8,11-12,15H,5-6,9-10H2,1H3,(H,19,21)/t11-,12+,15?/m0/s1. The van der Waals surface area contributed by atoms with E-state index < -0.39 is 0 Å². The summed E-state index contributed by atoms with van der Waals surface area (Å²) in [4.78, 5) is 24.8. The molecule has 0 aliphatic heterocycles. The molecule has 2 aliphatic carbocycles. The highest BCUT2D eigenvalue weighted by molar-refractivity contribution is 6.02. The molecule has 3 atom stereocenters. The second-order valence-corrected chi connectivity index (χ2v) is 6.77. The van der Waals surface area contributed by atoms with E-state index in [1.165, 1.54) is 19.3 Å². The first-order chi connectivity index (χ1) is 10.6. The number of amides is 1. The van der Waals surface area contributed by atoms with Crippen molar-refractivity contribution in [2.75, 3.05) is 5.32 Å². The zero-order valence-corrected chi connectivity index (χ0v) is 12.7. The van der Waals surface area contributed by atoms with Crippen LogP contribution in [0.5, 0.6) is 0 Å². The number of nitrogens with one attached hydrogen (secondary N) is 1. The molecule has 0 radical (unpaired) electrons. The van der Waals surface area contributed by atoms with E-state index in [0.717, 1.165) is 23.4 Å². The SMILES string of the molecule is Cn1ccc2c(NC(=O)C3C[C@H]4CC[C@@H]3C4)cccc2c1=O. The molecule has 1 aromatic carbocycles. The first-order valence-electron chi connectivity index (χ1n) is 8.02. The average Bonchev–Trinajstić information content (AvgIpc) is 3.14. The summed E-state index contributed by atoms with van der Waals surface area (Å²) in [5, 5.41) is 4.54. The number of aryl methyl sites for hydroxylation is 1. The van der Waals surface area contributed by atoms with Crippen LogP contribution < -0.4 is 10.9 Å². The van der Waals surface area contributed by atoms with Gasteiger partial charge in [-0.15, -0.1) is 0 Å². The Morgan fingerprint density at radius 3 is 2.77 bits per heavy atom. The third kappa shape index (κ3) is 2.05. The molecule has 4 heteroatoms. The normalized spacial score (nSPS) is 26.5. The number of aromatic nitrogens is 1. The molecule has 2 bridgehead atoms. The summed E-state index contributed by atoms with van der Waals surface area (Å²) in [5.41, 5.74) is 0.719. The third-order valence-corrected chi connectivity index (χ3v) is 5.45. The molecule has 1 amide bonds. The minimum absolute atomic E-state index is 0.0338. The van der Waals surface area contributed by atoms with Gasteiger partial charge < -0.3 is 9.88 Å². The summed E-state index contributed by atoms with van der Waals surface area (Å²) in [5.74, 6) is 1.59. The van der Waals surface area contributed by atoms with E-state index in [1.54, 1.807) is 17.8 Å². The van der Waals surface area contributed by atoms with Crippen molar-refractivity contribution < 1.29 is 4.79 Å². The van der Waals surface area contributed by atoms with Crippen LogP contribution in [-0.4, -0.2) is 10.5 Å². The number of carbonyl (C=O) groups is 1. The van der Waals surface area contributed by atoms with Crippen LogP contribution in [0.3, 0.4) is 0 Å². The molecule has 1 heterocycles. The second kappa shape index (κ2) is 4.97. The predicted octanol–water partition coefficient (Wildman–Crippen LogP) is 2.91. The van der Waals surface area contributed by atoms with Gasteiger partial charge in [0, 0.05) is 35.6 Å². The van der Waals surface area contributed by atoms with Crippen LogP contribution in [0.4, 0.5) is 5.69 Å². The number of hydrogen-bond acceptors (Lipinski definition) is 2. The van der Waals surface area contributed by atoms with Crippen LogP contribution in [0.2, 0.25) is 0 Å². The Labute approximate surface area is 129 Å². The molecule has 114 valence electrons. The number of nitrogens with zero attached hydrogens (tertiary/aromatic N) is 1. The van der Waals surface area contributed by atoms with Crippen LogP contribution in [-0.2, 0) is 11.8 Å². The van der Waals surface area contributed by atoms with Gasteiger partial charge in [0.05, 0.1) is 0 Å². The smallest absolute Gasteiger partial charge is 0.258 e. The van der Waals surface area contributed by atoms with Gasteiger partial charge in [0.25, 0.3) is 5.56 Å². The van der Waals surface area contributed by atoms with Gasteiger partial charge in [-0.2, -0.15) is 0 Å². The molecule has 1 aromatic heterocycles. The van der Waals surface area contributed by atoms with Crippen molar-refractivity contribution in [3.8, 4) is 0 Å². The summed E-state index contributed by atoms with van der Waals surface area (Å²) >= 11 is 0. The van der Waals surface area contributed by atoms with Crippen molar-refractivity contribution in [1.29, 1.82) is 0 Å². The minimum atomic E-state index is -0.0338. The van der Waals surface area contributed by atoms with E-state index in [4.69, 9.17) is 0 Å². The monoisotopic (exact) mass is 296 g/mol. The lowest BCUT2D eigenvalue weighted by atomic mass is 9.88. The van der Waals surface area contributed by atoms with E-state index >= 15 is 0 Å². The van der Waals surface area contributed by atoms with Crippen molar-refractivity contribution in [1.82, 2.24) is 4.57 Å². The fourth-order valence-electron chi connectivity index (χ4n) is 4.28. The van der Waals surface area contributed by atoms with Crippen molar-refractivity contribution in [2.45, 2.75) is 25.7 Å². The largest absolute Gasteiger partial charge is 0.325 e. The fourth-order valence-corrected chi connectivity index (χ4v) is 4.28. The quantitative estimate of drug-likeness (QED) is 0.926. The molecule has 22 heavy (non-hydrogen) atoms. The Morgan fingerprint density at radius 2 is 2.05 bits per heavy atom. The summed E-state index contributed by atoms with van der Waals surface area (Å²) in [6.07, 6.45) is 6.48. The van der Waals surface area contributed by atoms with Gasteiger partial charge in [-0.1, -0.05) is 12.5 Å². The molecular formula is C18H20N2O2. The van der Waals surface area contributed by atoms with E-state index in [0.29, 0.717) is 11.3 Å². The number of benzene rings is 1. The van der Waals surface area contributed by atoms with Crippen LogP contribution in [0.25, 0.3) is 10.8 Å². The third-order valence-electron chi connectivity index (χ3n) is 5.45. The Hall–Kier alpha value is -2.10. The van der Waals surface area contributed by atoms with Gasteiger partial charge in [0.1, 0.15) is 0 Å². The van der Waals surface area contributed by atoms with Crippen molar-refractivity contribution in [3.63, 3.8) is 0 Å². The maximum absolute atomic E-state index is 12.6. The molecule has 0 spiro atoms. The zero-order valence-electron chi connectivity index (χ0n) is 12.7. The summed E-state index contributed by atoms with van der Waals surface area (Å²) in [7, 11) is 1.74. The Kier molecular flexibility index (Phi) is 3.06. The Bertz CT molecular complexity index is 808. The molecular weight excluding hydrogens is 276 g/mol. The molecule has 2 aromatic rings. The molecule has 2 aliphatic rings. The predicted molar refractivity (Wildman–Crippen MR) is 86.8 cm³/mol. The van der Waals surface area contributed by atoms with Crippen molar-refractivity contribution in [2.24, 2.45) is 24.8 Å². The number of carbonyl (C=O) groups excluding carboxylic acids is 1. The lowest BCUT2D eigenvalue weighted by Crippen LogP contribution is -2.27. The Morgan fingerprint density at radius 1 is 1.18 bits per heavy atom. The lowest BCUT2D eigenvalue weighted by Gasteiger charge is -2.21. The highest BCUT2D eigenvalue weighted by Crippen LogP contribution is 2.48. The van der Waals surface area contributed by atoms with Gasteiger partial charge in [-0.25, -0.2) is 0 Å². The van der Waals surface area contributed by atoms with Crippen LogP contribution in [0, 0.1) is 17.8 Å². The van der Waals surface area contributed by atoms with Gasteiger partial charge in [-0.3, -0.25) is 9.59 Å². The summed E-state index contributed by atoms with van der Waals surface area (Å²) in [6.45, 7) is 0. The number of fused-ring (bicyclic) bond motifs is 3. The fraction of sp³-hybridized carbons (Fsp3) is 0.444. The summed E-state index contributed by atoms with van der Waals surface area (Å²) < 4.78 is 1.56. The Balaban J connectivity index is 1.66. The molecule has 1 unspecified atom stereocenters. The van der Waals surface area contributed by atoms with Crippen LogP contribution >= 0.6 is 0 Å². The highest BCUT2D eigenvalue weighted by Gasteiger charge is 2.43.